The molecule has 0 bridgehead atoms. The summed E-state index contributed by atoms with van der Waals surface area (Å²) >= 11 is 3.34. The third-order valence-electron chi connectivity index (χ3n) is 4.89. The normalized spacial score (nSPS) is 10.7. The molecule has 0 saturated heterocycles. The number of rotatable bonds is 20. The number of esters is 1. The fraction of sp³-hybridized carbons (Fsp3) is 0.960. The maximum atomic E-state index is 10.9. The van der Waals surface area contributed by atoms with Gasteiger partial charge < -0.3 is 4.74 Å². The molecule has 29 heavy (non-hydrogen) atoms. The molecule has 0 aromatic heterocycles. The van der Waals surface area contributed by atoms with E-state index < -0.39 is 19.8 Å². The topological polar surface area (TPSA) is 26.3 Å². The second kappa shape index (κ2) is 28.6. The van der Waals surface area contributed by atoms with Gasteiger partial charge in [0.1, 0.15) is 0 Å². The van der Waals surface area contributed by atoms with Crippen molar-refractivity contribution in [3.8, 4) is 0 Å². The Morgan fingerprint density at radius 2 is 0.897 bits per heavy atom. The SMILES string of the molecule is CCCCCCCCCCCCCCCCCCCCOC(=O)CS.[CH3][Sn]([CH3])[CH3]. The number of ether oxygens (including phenoxy) is 1. The minimum atomic E-state index is -0.543. The van der Waals surface area contributed by atoms with Crippen LogP contribution in [-0.4, -0.2) is 38.1 Å². The van der Waals surface area contributed by atoms with Crippen LogP contribution in [0, 0.1) is 0 Å². The monoisotopic (exact) mass is 537 g/mol. The molecular formula is C25H53O2SSn. The molecule has 0 aromatic rings. The van der Waals surface area contributed by atoms with Crippen molar-refractivity contribution in [1.82, 2.24) is 0 Å². The van der Waals surface area contributed by atoms with Gasteiger partial charge in [-0.2, -0.15) is 12.6 Å². The van der Waals surface area contributed by atoms with Crippen molar-refractivity contribution in [2.45, 2.75) is 137 Å². The first-order valence-electron chi connectivity index (χ1n) is 12.6. The zero-order valence-electron chi connectivity index (χ0n) is 20.4. The molecule has 0 atom stereocenters. The molecule has 0 spiro atoms. The van der Waals surface area contributed by atoms with E-state index in [1.165, 1.54) is 109 Å². The number of unbranched alkanes of at least 4 members (excludes halogenated alkanes) is 17. The molecule has 0 rings (SSSR count). The molecule has 0 heterocycles. The Balaban J connectivity index is 0. The standard InChI is InChI=1S/C22H44O2S.3CH3.Sn/c1-2-3-4-5-6-7-8-9-10-11-12-13-14-15-16-17-18-19-20-24-22(23)21-25;;;;/h25H,2-21H2,1H3;3*1H3;. The van der Waals surface area contributed by atoms with Crippen LogP contribution >= 0.6 is 12.6 Å². The van der Waals surface area contributed by atoms with Crippen LogP contribution in [0.1, 0.15) is 122 Å². The summed E-state index contributed by atoms with van der Waals surface area (Å²) < 4.78 is 5.00. The Hall–Kier alpha value is 0.619. The average Bonchev–Trinajstić information content (AvgIpc) is 2.69. The average molecular weight is 536 g/mol. The van der Waals surface area contributed by atoms with Crippen LogP contribution < -0.4 is 0 Å². The molecule has 0 N–H and O–H groups in total. The van der Waals surface area contributed by atoms with E-state index in [0.29, 0.717) is 6.61 Å². The van der Waals surface area contributed by atoms with Gasteiger partial charge in [0.15, 0.2) is 0 Å². The van der Waals surface area contributed by atoms with Crippen LogP contribution in [0.5, 0.6) is 0 Å². The van der Waals surface area contributed by atoms with Gasteiger partial charge in [-0.25, -0.2) is 0 Å². The van der Waals surface area contributed by atoms with E-state index in [9.17, 15) is 4.79 Å². The molecule has 0 aliphatic heterocycles. The summed E-state index contributed by atoms with van der Waals surface area (Å²) in [4.78, 5) is 18.0. The van der Waals surface area contributed by atoms with Gasteiger partial charge in [0.2, 0.25) is 0 Å². The summed E-state index contributed by atoms with van der Waals surface area (Å²) in [6, 6.07) is 0. The van der Waals surface area contributed by atoms with Crippen molar-refractivity contribution < 1.29 is 9.53 Å². The zero-order valence-corrected chi connectivity index (χ0v) is 24.2. The molecular weight excluding hydrogens is 483 g/mol. The summed E-state index contributed by atoms with van der Waals surface area (Å²) in [5, 5.41) is 0. The summed E-state index contributed by atoms with van der Waals surface area (Å²) in [6.07, 6.45) is 24.8. The van der Waals surface area contributed by atoms with E-state index in [1.807, 2.05) is 0 Å². The summed E-state index contributed by atoms with van der Waals surface area (Å²) in [6.45, 7) is 2.85. The van der Waals surface area contributed by atoms with E-state index >= 15 is 0 Å². The molecule has 0 aliphatic carbocycles. The van der Waals surface area contributed by atoms with E-state index in [1.54, 1.807) is 0 Å². The van der Waals surface area contributed by atoms with Crippen LogP contribution in [0.3, 0.4) is 0 Å². The second-order valence-electron chi connectivity index (χ2n) is 8.89. The second-order valence-corrected chi connectivity index (χ2v) is 17.8. The van der Waals surface area contributed by atoms with Crippen molar-refractivity contribution in [3.05, 3.63) is 0 Å². The van der Waals surface area contributed by atoms with Gasteiger partial charge in [0.25, 0.3) is 0 Å². The first kappa shape index (κ1) is 31.8. The Labute approximate surface area is 196 Å². The predicted octanol–water partition coefficient (Wildman–Crippen LogP) is 8.87. The number of hydrogen-bond acceptors (Lipinski definition) is 3. The van der Waals surface area contributed by atoms with Crippen molar-refractivity contribution in [3.63, 3.8) is 0 Å². The van der Waals surface area contributed by atoms with Crippen LogP contribution in [0.15, 0.2) is 0 Å². The fourth-order valence-corrected chi connectivity index (χ4v) is 3.33. The number of thiol groups is 1. The molecule has 175 valence electrons. The fourth-order valence-electron chi connectivity index (χ4n) is 3.24. The third kappa shape index (κ3) is 36.4. The number of carbonyl (C=O) groups is 1. The van der Waals surface area contributed by atoms with E-state index in [2.05, 4.69) is 34.4 Å². The first-order chi connectivity index (χ1) is 14.0. The van der Waals surface area contributed by atoms with Gasteiger partial charge in [-0.1, -0.05) is 116 Å². The van der Waals surface area contributed by atoms with Gasteiger partial charge in [-0.3, -0.25) is 4.79 Å². The van der Waals surface area contributed by atoms with E-state index in [-0.39, 0.29) is 11.7 Å². The Morgan fingerprint density at radius 3 is 1.17 bits per heavy atom. The van der Waals surface area contributed by atoms with Crippen molar-refractivity contribution >= 4 is 38.4 Å². The molecule has 0 aromatic carbocycles. The van der Waals surface area contributed by atoms with Gasteiger partial charge in [0.05, 0.1) is 12.4 Å². The number of hydrogen-bond donors (Lipinski definition) is 1. The van der Waals surface area contributed by atoms with Gasteiger partial charge in [-0.05, 0) is 6.42 Å². The minimum absolute atomic E-state index is 0.193. The van der Waals surface area contributed by atoms with E-state index in [0.717, 1.165) is 6.42 Å². The summed E-state index contributed by atoms with van der Waals surface area (Å²) in [5.74, 6) is -0.00529. The molecule has 0 amide bonds. The van der Waals surface area contributed by atoms with Gasteiger partial charge >= 0.3 is 40.5 Å². The third-order valence-corrected chi connectivity index (χ3v) is 5.15. The zero-order chi connectivity index (χ0) is 22.0. The predicted molar refractivity (Wildman–Crippen MR) is 137 cm³/mol. The Kier molecular flexibility index (Phi) is 31.4. The van der Waals surface area contributed by atoms with E-state index in [4.69, 9.17) is 4.74 Å². The Morgan fingerprint density at radius 1 is 0.621 bits per heavy atom. The van der Waals surface area contributed by atoms with Gasteiger partial charge in [0, 0.05) is 0 Å². The Bertz CT molecular complexity index is 308. The molecule has 0 saturated carbocycles. The molecule has 0 aliphatic rings. The molecule has 1 radical (unpaired) electrons. The molecule has 2 nitrogen and oxygen atoms in total. The van der Waals surface area contributed by atoms with Crippen LogP contribution in [0.2, 0.25) is 14.8 Å². The van der Waals surface area contributed by atoms with Gasteiger partial charge in [-0.15, -0.1) is 0 Å². The number of carbonyl (C=O) groups excluding carboxylic acids is 1. The maximum absolute atomic E-state index is 10.9. The van der Waals surface area contributed by atoms with Crippen LogP contribution in [-0.2, 0) is 9.53 Å². The first-order valence-corrected chi connectivity index (χ1v) is 21.8. The summed E-state index contributed by atoms with van der Waals surface area (Å²) in [5.41, 5.74) is 0. The van der Waals surface area contributed by atoms with Crippen molar-refractivity contribution in [1.29, 1.82) is 0 Å². The molecule has 4 heteroatoms. The van der Waals surface area contributed by atoms with Crippen molar-refractivity contribution in [2.24, 2.45) is 0 Å². The van der Waals surface area contributed by atoms with Crippen LogP contribution in [0.25, 0.3) is 0 Å². The van der Waals surface area contributed by atoms with Crippen molar-refractivity contribution in [2.75, 3.05) is 12.4 Å². The molecule has 0 unspecified atom stereocenters. The summed E-state index contributed by atoms with van der Waals surface area (Å²) in [7, 11) is 0. The quantitative estimate of drug-likeness (QED) is 0.0728. The van der Waals surface area contributed by atoms with Crippen LogP contribution in [0.4, 0.5) is 0 Å². The molecule has 0 fully saturated rings.